The third-order valence-electron chi connectivity index (χ3n) is 7.00. The molecule has 0 radical (unpaired) electrons. The Kier molecular flexibility index (Phi) is 11.9. The Morgan fingerprint density at radius 1 is 0.857 bits per heavy atom. The topological polar surface area (TPSA) is 107 Å². The van der Waals surface area contributed by atoms with Crippen molar-refractivity contribution in [2.24, 2.45) is 0 Å². The summed E-state index contributed by atoms with van der Waals surface area (Å²) >= 11 is 0. The van der Waals surface area contributed by atoms with Gasteiger partial charge in [0.15, 0.2) is 6.29 Å². The molecule has 0 bridgehead atoms. The molecular formula is C33H40N2O7. The molecule has 0 aromatic heterocycles. The van der Waals surface area contributed by atoms with Gasteiger partial charge in [0.1, 0.15) is 24.9 Å². The molecule has 0 saturated carbocycles. The molecule has 1 aliphatic heterocycles. The average molecular weight is 577 g/mol. The van der Waals surface area contributed by atoms with E-state index in [-0.39, 0.29) is 19.1 Å². The SMILES string of the molecule is CC(=O)N[C@H]1[C@@H](OCCCN(Cc2ccccc2)C(=O)OCc2ccccc2)O[C@H](C)[C@@H](OCc2ccccc2)[C@@H]1O. The van der Waals surface area contributed by atoms with Crippen LogP contribution in [0, 0.1) is 0 Å². The molecule has 3 aromatic rings. The summed E-state index contributed by atoms with van der Waals surface area (Å²) in [6.07, 6.45) is -3.02. The van der Waals surface area contributed by atoms with Crippen LogP contribution in [0.15, 0.2) is 91.0 Å². The fourth-order valence-electron chi connectivity index (χ4n) is 4.85. The number of nitrogens with one attached hydrogen (secondary N) is 1. The maximum absolute atomic E-state index is 13.0. The van der Waals surface area contributed by atoms with E-state index in [1.165, 1.54) is 6.92 Å². The largest absolute Gasteiger partial charge is 0.445 e. The zero-order valence-corrected chi connectivity index (χ0v) is 24.1. The van der Waals surface area contributed by atoms with Crippen LogP contribution in [0.2, 0.25) is 0 Å². The minimum Gasteiger partial charge on any atom is -0.445 e. The number of aliphatic hydroxyl groups is 1. The van der Waals surface area contributed by atoms with Gasteiger partial charge in [-0.25, -0.2) is 4.79 Å². The Balaban J connectivity index is 1.33. The lowest BCUT2D eigenvalue weighted by Crippen LogP contribution is -2.64. The van der Waals surface area contributed by atoms with Crippen molar-refractivity contribution >= 4 is 12.0 Å². The highest BCUT2D eigenvalue weighted by molar-refractivity contribution is 5.73. The smallest absolute Gasteiger partial charge is 0.410 e. The molecule has 1 heterocycles. The normalized spacial score (nSPS) is 21.8. The van der Waals surface area contributed by atoms with Crippen LogP contribution >= 0.6 is 0 Å². The van der Waals surface area contributed by atoms with E-state index in [0.29, 0.717) is 26.1 Å². The van der Waals surface area contributed by atoms with Crippen molar-refractivity contribution < 1.29 is 33.6 Å². The molecule has 0 unspecified atom stereocenters. The fraction of sp³-hybridized carbons (Fsp3) is 0.394. The predicted molar refractivity (Wildman–Crippen MR) is 157 cm³/mol. The molecular weight excluding hydrogens is 536 g/mol. The second kappa shape index (κ2) is 16.0. The van der Waals surface area contributed by atoms with Crippen LogP contribution in [0.3, 0.4) is 0 Å². The molecule has 1 aliphatic rings. The lowest BCUT2D eigenvalue weighted by atomic mass is 9.97. The number of carbonyl (C=O) groups excluding carboxylic acids is 2. The summed E-state index contributed by atoms with van der Waals surface area (Å²) in [5, 5.41) is 13.9. The highest BCUT2D eigenvalue weighted by Gasteiger charge is 2.45. The van der Waals surface area contributed by atoms with Crippen molar-refractivity contribution in [3.8, 4) is 0 Å². The second-order valence-corrected chi connectivity index (χ2v) is 10.4. The van der Waals surface area contributed by atoms with Crippen LogP contribution < -0.4 is 5.32 Å². The van der Waals surface area contributed by atoms with Crippen molar-refractivity contribution in [3.05, 3.63) is 108 Å². The van der Waals surface area contributed by atoms with E-state index in [1.54, 1.807) is 4.90 Å². The van der Waals surface area contributed by atoms with E-state index in [1.807, 2.05) is 97.9 Å². The number of rotatable bonds is 13. The van der Waals surface area contributed by atoms with E-state index >= 15 is 0 Å². The first kappa shape index (κ1) is 31.2. The van der Waals surface area contributed by atoms with Gasteiger partial charge in [-0.3, -0.25) is 4.79 Å². The van der Waals surface area contributed by atoms with Gasteiger partial charge in [0.05, 0.1) is 19.3 Å². The molecule has 224 valence electrons. The third-order valence-corrected chi connectivity index (χ3v) is 7.00. The highest BCUT2D eigenvalue weighted by Crippen LogP contribution is 2.25. The van der Waals surface area contributed by atoms with Crippen molar-refractivity contribution in [3.63, 3.8) is 0 Å². The molecule has 5 atom stereocenters. The molecule has 0 aliphatic carbocycles. The number of ether oxygens (including phenoxy) is 4. The minimum atomic E-state index is -1.05. The molecule has 3 aromatic carbocycles. The third kappa shape index (κ3) is 9.39. The summed E-state index contributed by atoms with van der Waals surface area (Å²) in [5.74, 6) is -0.317. The van der Waals surface area contributed by atoms with Crippen molar-refractivity contribution in [1.29, 1.82) is 0 Å². The summed E-state index contributed by atoms with van der Waals surface area (Å²) in [5.41, 5.74) is 2.86. The van der Waals surface area contributed by atoms with Crippen molar-refractivity contribution in [2.75, 3.05) is 13.2 Å². The maximum Gasteiger partial charge on any atom is 0.410 e. The highest BCUT2D eigenvalue weighted by atomic mass is 16.7. The molecule has 2 N–H and O–H groups in total. The summed E-state index contributed by atoms with van der Waals surface area (Å²) in [7, 11) is 0. The molecule has 42 heavy (non-hydrogen) atoms. The van der Waals surface area contributed by atoms with Gasteiger partial charge in [-0.1, -0.05) is 91.0 Å². The van der Waals surface area contributed by atoms with Crippen LogP contribution in [-0.2, 0) is 43.5 Å². The molecule has 2 amide bonds. The number of amides is 2. The maximum atomic E-state index is 13.0. The monoisotopic (exact) mass is 576 g/mol. The number of hydrogen-bond donors (Lipinski definition) is 2. The average Bonchev–Trinajstić information content (AvgIpc) is 3.00. The zero-order valence-electron chi connectivity index (χ0n) is 24.1. The van der Waals surface area contributed by atoms with Crippen LogP contribution in [0.5, 0.6) is 0 Å². The summed E-state index contributed by atoms with van der Waals surface area (Å²) in [6.45, 7) is 4.66. The van der Waals surface area contributed by atoms with Gasteiger partial charge in [-0.2, -0.15) is 0 Å². The first-order valence-electron chi connectivity index (χ1n) is 14.3. The molecule has 0 spiro atoms. The number of aliphatic hydroxyl groups excluding tert-OH is 1. The zero-order chi connectivity index (χ0) is 29.7. The van der Waals surface area contributed by atoms with Gasteiger partial charge < -0.3 is 34.3 Å². The molecule has 9 heteroatoms. The Hall–Kier alpha value is -3.76. The fourth-order valence-corrected chi connectivity index (χ4v) is 4.85. The lowest BCUT2D eigenvalue weighted by Gasteiger charge is -2.43. The van der Waals surface area contributed by atoms with Crippen molar-refractivity contribution in [2.45, 2.75) is 70.7 Å². The summed E-state index contributed by atoms with van der Waals surface area (Å²) in [4.78, 5) is 26.6. The van der Waals surface area contributed by atoms with E-state index in [2.05, 4.69) is 5.32 Å². The number of hydrogen-bond acceptors (Lipinski definition) is 7. The van der Waals surface area contributed by atoms with Gasteiger partial charge in [-0.05, 0) is 30.0 Å². The van der Waals surface area contributed by atoms with E-state index < -0.39 is 36.7 Å². The van der Waals surface area contributed by atoms with E-state index in [9.17, 15) is 14.7 Å². The number of benzene rings is 3. The minimum absolute atomic E-state index is 0.180. The standard InChI is InChI=1S/C33H40N2O7/c1-24-31(40-22-27-15-8-4-9-16-27)30(37)29(34-25(2)36)32(42-24)39-20-12-19-35(21-26-13-6-3-7-14-26)33(38)41-23-28-17-10-5-11-18-28/h3-11,13-18,24,29-32,37H,12,19-23H2,1-2H3,(H,34,36)/t24-,29-,30-,31-,32+/m1/s1. The Morgan fingerprint density at radius 2 is 1.43 bits per heavy atom. The number of carbonyl (C=O) groups is 2. The first-order chi connectivity index (χ1) is 20.4. The van der Waals surface area contributed by atoms with Gasteiger partial charge in [0.2, 0.25) is 5.91 Å². The van der Waals surface area contributed by atoms with Gasteiger partial charge in [-0.15, -0.1) is 0 Å². The van der Waals surface area contributed by atoms with Crippen LogP contribution in [0.4, 0.5) is 4.79 Å². The Bertz CT molecular complexity index is 1230. The first-order valence-corrected chi connectivity index (χ1v) is 14.3. The van der Waals surface area contributed by atoms with Crippen LogP contribution in [-0.4, -0.2) is 65.8 Å². The van der Waals surface area contributed by atoms with E-state index in [4.69, 9.17) is 18.9 Å². The second-order valence-electron chi connectivity index (χ2n) is 10.4. The Labute approximate surface area is 247 Å². The summed E-state index contributed by atoms with van der Waals surface area (Å²) in [6, 6.07) is 28.1. The van der Waals surface area contributed by atoms with Crippen molar-refractivity contribution in [1.82, 2.24) is 10.2 Å². The predicted octanol–water partition coefficient (Wildman–Crippen LogP) is 4.43. The summed E-state index contributed by atoms with van der Waals surface area (Å²) < 4.78 is 23.7. The Morgan fingerprint density at radius 3 is 2.02 bits per heavy atom. The quantitative estimate of drug-likeness (QED) is 0.290. The van der Waals surface area contributed by atoms with Crippen LogP contribution in [0.1, 0.15) is 37.0 Å². The van der Waals surface area contributed by atoms with Crippen LogP contribution in [0.25, 0.3) is 0 Å². The molecule has 9 nitrogen and oxygen atoms in total. The molecule has 1 fully saturated rings. The molecule has 4 rings (SSSR count). The van der Waals surface area contributed by atoms with E-state index in [0.717, 1.165) is 16.7 Å². The lowest BCUT2D eigenvalue weighted by molar-refractivity contribution is -0.270. The number of nitrogens with zero attached hydrogens (tertiary/aromatic N) is 1. The van der Waals surface area contributed by atoms with Gasteiger partial charge >= 0.3 is 6.09 Å². The molecule has 1 saturated heterocycles. The van der Waals surface area contributed by atoms with Gasteiger partial charge in [0, 0.05) is 20.0 Å². The van der Waals surface area contributed by atoms with Gasteiger partial charge in [0.25, 0.3) is 0 Å².